The Balaban J connectivity index is 2.03. The zero-order valence-electron chi connectivity index (χ0n) is 13.5. The third kappa shape index (κ3) is 3.43. The van der Waals surface area contributed by atoms with Crippen LogP contribution in [-0.2, 0) is 0 Å². The van der Waals surface area contributed by atoms with E-state index < -0.39 is 0 Å². The van der Waals surface area contributed by atoms with Crippen molar-refractivity contribution in [3.05, 3.63) is 42.6 Å². The lowest BCUT2D eigenvalue weighted by molar-refractivity contribution is 0.379. The second-order valence-corrected chi connectivity index (χ2v) is 5.55. The number of hydrogen-bond acceptors (Lipinski definition) is 8. The summed E-state index contributed by atoms with van der Waals surface area (Å²) in [5.74, 6) is 1.69. The molecule has 0 atom stereocenters. The number of nitrogens with zero attached hydrogens (tertiary/aromatic N) is 6. The van der Waals surface area contributed by atoms with Crippen LogP contribution >= 0.6 is 11.8 Å². The molecule has 0 radical (unpaired) electrons. The molecule has 3 aromatic rings. The van der Waals surface area contributed by atoms with Crippen molar-refractivity contribution in [3.8, 4) is 17.4 Å². The Morgan fingerprint density at radius 3 is 2.50 bits per heavy atom. The van der Waals surface area contributed by atoms with Crippen molar-refractivity contribution in [1.82, 2.24) is 24.9 Å². The highest BCUT2D eigenvalue weighted by molar-refractivity contribution is 7.98. The molecule has 8 heteroatoms. The van der Waals surface area contributed by atoms with Crippen LogP contribution in [0.4, 0.5) is 11.8 Å². The molecule has 0 aliphatic carbocycles. The maximum absolute atomic E-state index is 5.22. The first-order valence-corrected chi connectivity index (χ1v) is 8.40. The van der Waals surface area contributed by atoms with E-state index in [4.69, 9.17) is 4.74 Å². The van der Waals surface area contributed by atoms with E-state index >= 15 is 0 Å². The van der Waals surface area contributed by atoms with Gasteiger partial charge >= 0.3 is 6.01 Å². The molecule has 1 aromatic carbocycles. The maximum Gasteiger partial charge on any atom is 0.321 e. The first-order valence-electron chi connectivity index (χ1n) is 7.17. The number of methoxy groups -OCH3 is 1. The molecule has 0 fully saturated rings. The minimum Gasteiger partial charge on any atom is -0.467 e. The topological polar surface area (TPSA) is 76.9 Å². The Hall–Kier alpha value is -2.74. The van der Waals surface area contributed by atoms with E-state index in [1.54, 1.807) is 17.2 Å². The molecular weight excluding hydrogens is 324 g/mol. The molecule has 0 aliphatic rings. The second-order valence-electron chi connectivity index (χ2n) is 4.77. The third-order valence-electron chi connectivity index (χ3n) is 3.26. The van der Waals surface area contributed by atoms with Gasteiger partial charge in [-0.2, -0.15) is 15.0 Å². The van der Waals surface area contributed by atoms with Crippen LogP contribution in [0.25, 0.3) is 11.4 Å². The lowest BCUT2D eigenvalue weighted by Crippen LogP contribution is -2.16. The zero-order chi connectivity index (χ0) is 16.9. The summed E-state index contributed by atoms with van der Waals surface area (Å²) in [6.07, 6.45) is 3.64. The van der Waals surface area contributed by atoms with Gasteiger partial charge < -0.3 is 4.74 Å². The molecule has 24 heavy (non-hydrogen) atoms. The fourth-order valence-electron chi connectivity index (χ4n) is 2.02. The van der Waals surface area contributed by atoms with E-state index in [9.17, 15) is 0 Å². The first-order chi connectivity index (χ1) is 11.7. The molecular formula is C16H16N6OS. The van der Waals surface area contributed by atoms with Gasteiger partial charge in [-0.25, -0.2) is 9.97 Å². The van der Waals surface area contributed by atoms with E-state index in [2.05, 4.69) is 24.9 Å². The lowest BCUT2D eigenvalue weighted by atomic mass is 10.2. The fourth-order valence-corrected chi connectivity index (χ4v) is 2.37. The highest BCUT2D eigenvalue weighted by Gasteiger charge is 2.14. The van der Waals surface area contributed by atoms with Crippen molar-refractivity contribution in [1.29, 1.82) is 0 Å². The van der Waals surface area contributed by atoms with Gasteiger partial charge in [-0.3, -0.25) is 4.90 Å². The summed E-state index contributed by atoms with van der Waals surface area (Å²) >= 11 is 1.48. The Bertz CT molecular complexity index is 830. The van der Waals surface area contributed by atoms with Crippen molar-refractivity contribution in [2.24, 2.45) is 0 Å². The smallest absolute Gasteiger partial charge is 0.321 e. The molecule has 0 saturated carbocycles. The molecule has 7 nitrogen and oxygen atoms in total. The molecule has 2 heterocycles. The molecule has 2 aromatic heterocycles. The number of thioether (sulfide) groups is 1. The number of ether oxygens (including phenoxy) is 1. The molecule has 0 aliphatic heterocycles. The van der Waals surface area contributed by atoms with Gasteiger partial charge in [0.05, 0.1) is 7.11 Å². The van der Waals surface area contributed by atoms with Crippen LogP contribution in [0.2, 0.25) is 0 Å². The van der Waals surface area contributed by atoms with E-state index in [-0.39, 0.29) is 6.01 Å². The summed E-state index contributed by atoms with van der Waals surface area (Å²) in [4.78, 5) is 23.6. The van der Waals surface area contributed by atoms with Crippen LogP contribution < -0.4 is 9.64 Å². The standard InChI is InChI=1S/C16H16N6OS/c1-22(12-9-10-17-16(18-12)24-3)14-19-13(20-15(21-14)23-2)11-7-5-4-6-8-11/h4-10H,1-3H3. The van der Waals surface area contributed by atoms with Gasteiger partial charge in [0.1, 0.15) is 5.82 Å². The zero-order valence-corrected chi connectivity index (χ0v) is 14.4. The van der Waals surface area contributed by atoms with E-state index in [1.807, 2.05) is 43.6 Å². The maximum atomic E-state index is 5.22. The highest BCUT2D eigenvalue weighted by atomic mass is 32.2. The van der Waals surface area contributed by atoms with E-state index in [0.29, 0.717) is 22.7 Å². The van der Waals surface area contributed by atoms with Gasteiger partial charge in [0.25, 0.3) is 0 Å². The Morgan fingerprint density at radius 2 is 1.79 bits per heavy atom. The highest BCUT2D eigenvalue weighted by Crippen LogP contribution is 2.24. The average Bonchev–Trinajstić information content (AvgIpc) is 2.67. The van der Waals surface area contributed by atoms with Crippen LogP contribution in [0.15, 0.2) is 47.8 Å². The van der Waals surface area contributed by atoms with Gasteiger partial charge in [-0.1, -0.05) is 42.1 Å². The Morgan fingerprint density at radius 1 is 1.00 bits per heavy atom. The minimum absolute atomic E-state index is 0.254. The predicted octanol–water partition coefficient (Wildman–Crippen LogP) is 2.83. The number of rotatable bonds is 5. The monoisotopic (exact) mass is 340 g/mol. The van der Waals surface area contributed by atoms with Gasteiger partial charge in [-0.05, 0) is 12.3 Å². The Labute approximate surface area is 144 Å². The lowest BCUT2D eigenvalue weighted by Gasteiger charge is -2.17. The van der Waals surface area contributed by atoms with Crippen LogP contribution in [0, 0.1) is 0 Å². The number of aromatic nitrogens is 5. The molecule has 0 amide bonds. The summed E-state index contributed by atoms with van der Waals surface area (Å²) in [6.45, 7) is 0. The normalized spacial score (nSPS) is 10.5. The van der Waals surface area contributed by atoms with Crippen molar-refractivity contribution in [2.45, 2.75) is 5.16 Å². The molecule has 0 saturated heterocycles. The summed E-state index contributed by atoms with van der Waals surface area (Å²) in [7, 11) is 3.38. The van der Waals surface area contributed by atoms with Crippen molar-refractivity contribution < 1.29 is 4.74 Å². The molecule has 0 bridgehead atoms. The minimum atomic E-state index is 0.254. The van der Waals surface area contributed by atoms with Crippen molar-refractivity contribution >= 4 is 23.5 Å². The number of hydrogen-bond donors (Lipinski definition) is 0. The quantitative estimate of drug-likeness (QED) is 0.518. The van der Waals surface area contributed by atoms with Crippen LogP contribution in [0.1, 0.15) is 0 Å². The largest absolute Gasteiger partial charge is 0.467 e. The van der Waals surface area contributed by atoms with Crippen molar-refractivity contribution in [2.75, 3.05) is 25.3 Å². The first kappa shape index (κ1) is 16.1. The SMILES string of the molecule is COc1nc(-c2ccccc2)nc(N(C)c2ccnc(SC)n2)n1. The molecule has 0 N–H and O–H groups in total. The van der Waals surface area contributed by atoms with Gasteiger partial charge in [-0.15, -0.1) is 0 Å². The van der Waals surface area contributed by atoms with Crippen molar-refractivity contribution in [3.63, 3.8) is 0 Å². The second kappa shape index (κ2) is 7.22. The molecule has 3 rings (SSSR count). The average molecular weight is 340 g/mol. The molecule has 122 valence electrons. The molecule has 0 unspecified atom stereocenters. The Kier molecular flexibility index (Phi) is 4.85. The van der Waals surface area contributed by atoms with E-state index in [1.165, 1.54) is 18.9 Å². The van der Waals surface area contributed by atoms with Crippen LogP contribution in [0.5, 0.6) is 6.01 Å². The third-order valence-corrected chi connectivity index (χ3v) is 3.82. The summed E-state index contributed by atoms with van der Waals surface area (Å²) in [6, 6.07) is 11.8. The summed E-state index contributed by atoms with van der Waals surface area (Å²) in [5.41, 5.74) is 0.889. The fraction of sp³-hybridized carbons (Fsp3) is 0.188. The number of benzene rings is 1. The summed E-state index contributed by atoms with van der Waals surface area (Å²) < 4.78 is 5.22. The van der Waals surface area contributed by atoms with E-state index in [0.717, 1.165) is 5.56 Å². The van der Waals surface area contributed by atoms with Gasteiger partial charge in [0, 0.05) is 18.8 Å². The predicted molar refractivity (Wildman–Crippen MR) is 93.7 cm³/mol. The number of anilines is 2. The van der Waals surface area contributed by atoms with Crippen LogP contribution in [0.3, 0.4) is 0 Å². The summed E-state index contributed by atoms with van der Waals surface area (Å²) in [5, 5.41) is 0.684. The van der Waals surface area contributed by atoms with Gasteiger partial charge in [0.15, 0.2) is 11.0 Å². The van der Waals surface area contributed by atoms with Gasteiger partial charge in [0.2, 0.25) is 5.95 Å². The van der Waals surface area contributed by atoms with Crippen LogP contribution in [-0.4, -0.2) is 45.3 Å². The molecule has 0 spiro atoms.